The zero-order chi connectivity index (χ0) is 26.2. The topological polar surface area (TPSA) is 155 Å². The van der Waals surface area contributed by atoms with E-state index in [1.54, 1.807) is 0 Å². The summed E-state index contributed by atoms with van der Waals surface area (Å²) in [6.45, 7) is 7.40. The fourth-order valence-corrected chi connectivity index (χ4v) is 5.25. The number of nitrogens with two attached hydrogens (primary N) is 2. The summed E-state index contributed by atoms with van der Waals surface area (Å²) in [5, 5.41) is 5.92. The molecule has 4 heterocycles. The number of aromatic nitrogens is 2. The number of carbonyl (C=O) groups excluding carboxylic acids is 2. The van der Waals surface area contributed by atoms with Gasteiger partial charge in [-0.05, 0) is 18.4 Å². The van der Waals surface area contributed by atoms with Gasteiger partial charge in [-0.2, -0.15) is 0 Å². The minimum atomic E-state index is -0.579. The van der Waals surface area contributed by atoms with Crippen LogP contribution in [0, 0.1) is 5.92 Å². The molecule has 1 aromatic carbocycles. The number of rotatable bonds is 4. The van der Waals surface area contributed by atoms with Gasteiger partial charge in [0.05, 0.1) is 18.0 Å². The van der Waals surface area contributed by atoms with Crippen LogP contribution in [0.25, 0.3) is 0 Å². The lowest BCUT2D eigenvalue weighted by molar-refractivity contribution is -0.136. The van der Waals surface area contributed by atoms with Crippen LogP contribution >= 0.6 is 11.6 Å². The maximum absolute atomic E-state index is 13.3. The largest absolute Gasteiger partial charge is 0.382 e. The van der Waals surface area contributed by atoms with Crippen LogP contribution in [0.5, 0.6) is 0 Å². The first kappa shape index (κ1) is 24.8. The lowest BCUT2D eigenvalue weighted by Crippen LogP contribution is -2.57. The van der Waals surface area contributed by atoms with E-state index in [2.05, 4.69) is 49.2 Å². The number of piperidine rings is 1. The number of likely N-dealkylation sites (tertiary alicyclic amines) is 2. The fourth-order valence-electron chi connectivity index (χ4n) is 5.12. The van der Waals surface area contributed by atoms with Crippen LogP contribution in [0.1, 0.15) is 35.3 Å². The van der Waals surface area contributed by atoms with Gasteiger partial charge in [-0.1, -0.05) is 48.5 Å². The molecule has 1 spiro atoms. The van der Waals surface area contributed by atoms with Crippen molar-refractivity contribution in [3.63, 3.8) is 0 Å². The van der Waals surface area contributed by atoms with Crippen LogP contribution in [0.3, 0.4) is 0 Å². The van der Waals surface area contributed by atoms with Crippen LogP contribution in [-0.4, -0.2) is 69.3 Å². The number of nitrogens with one attached hydrogen (secondary N) is 2. The molecule has 11 nitrogen and oxygen atoms in total. The lowest BCUT2D eigenvalue weighted by atomic mass is 9.87. The number of anilines is 2. The fraction of sp³-hybridized carbons (Fsp3) is 0.400. The van der Waals surface area contributed by atoms with Crippen molar-refractivity contribution in [1.29, 1.82) is 0 Å². The number of amides is 2. The zero-order valence-corrected chi connectivity index (χ0v) is 21.2. The molecule has 2 fully saturated rings. The Morgan fingerprint density at radius 3 is 2.62 bits per heavy atom. The van der Waals surface area contributed by atoms with Crippen molar-refractivity contribution in [2.45, 2.75) is 31.3 Å². The highest BCUT2D eigenvalue weighted by Gasteiger charge is 2.42. The molecule has 1 aromatic heterocycles. The Hall–Kier alpha value is -3.86. The molecule has 0 saturated carbocycles. The molecule has 0 aliphatic carbocycles. The van der Waals surface area contributed by atoms with Crippen molar-refractivity contribution in [1.82, 2.24) is 30.4 Å². The van der Waals surface area contributed by atoms with Crippen LogP contribution in [-0.2, 0) is 11.3 Å². The Labute approximate surface area is 220 Å². The van der Waals surface area contributed by atoms with Crippen molar-refractivity contribution in [2.75, 3.05) is 37.6 Å². The van der Waals surface area contributed by atoms with E-state index in [0.717, 1.165) is 25.1 Å². The molecule has 37 heavy (non-hydrogen) atoms. The minimum absolute atomic E-state index is 0.0434. The summed E-state index contributed by atoms with van der Waals surface area (Å²) >= 11 is 5.88. The van der Waals surface area contributed by atoms with Crippen molar-refractivity contribution in [3.8, 4) is 0 Å². The Kier molecular flexibility index (Phi) is 6.63. The van der Waals surface area contributed by atoms with Gasteiger partial charge >= 0.3 is 0 Å². The highest BCUT2D eigenvalue weighted by molar-refractivity contribution is 6.31. The van der Waals surface area contributed by atoms with Crippen molar-refractivity contribution >= 4 is 41.0 Å². The van der Waals surface area contributed by atoms with E-state index in [1.165, 1.54) is 5.56 Å². The summed E-state index contributed by atoms with van der Waals surface area (Å²) in [5.74, 6) is -0.305. The molecule has 2 amide bonds. The van der Waals surface area contributed by atoms with Gasteiger partial charge < -0.3 is 26.6 Å². The van der Waals surface area contributed by atoms with E-state index in [0.29, 0.717) is 38.6 Å². The maximum Gasteiger partial charge on any atom is 0.280 e. The molecule has 3 aliphatic rings. The lowest BCUT2D eigenvalue weighted by Gasteiger charge is -2.40. The number of halogens is 1. The number of nitrogen functional groups attached to an aromatic ring is 2. The molecule has 3 aliphatic heterocycles. The number of hydrogen-bond acceptors (Lipinski definition) is 9. The summed E-state index contributed by atoms with van der Waals surface area (Å²) in [6, 6.07) is 10.2. The summed E-state index contributed by atoms with van der Waals surface area (Å²) < 4.78 is 0. The van der Waals surface area contributed by atoms with E-state index >= 15 is 0 Å². The Bertz CT molecular complexity index is 1260. The maximum atomic E-state index is 13.3. The summed E-state index contributed by atoms with van der Waals surface area (Å²) in [5.41, 5.74) is 13.1. The van der Waals surface area contributed by atoms with E-state index in [4.69, 9.17) is 23.1 Å². The number of benzene rings is 1. The second-order valence-corrected chi connectivity index (χ2v) is 10.2. The van der Waals surface area contributed by atoms with Crippen LogP contribution < -0.4 is 22.1 Å². The van der Waals surface area contributed by atoms with Gasteiger partial charge in [-0.15, -0.1) is 0 Å². The molecular formula is C25H30ClN9O2. The molecule has 5 rings (SSSR count). The number of hydrogen-bond donors (Lipinski definition) is 4. The van der Waals surface area contributed by atoms with Crippen molar-refractivity contribution in [3.05, 3.63) is 59.0 Å². The van der Waals surface area contributed by atoms with Gasteiger partial charge in [-0.25, -0.2) is 9.97 Å². The highest BCUT2D eigenvalue weighted by Crippen LogP contribution is 2.31. The van der Waals surface area contributed by atoms with Gasteiger partial charge in [0, 0.05) is 38.3 Å². The number of guanidine groups is 1. The third kappa shape index (κ3) is 5.17. The minimum Gasteiger partial charge on any atom is -0.382 e. The first-order valence-corrected chi connectivity index (χ1v) is 12.6. The second-order valence-electron chi connectivity index (χ2n) is 9.82. The van der Waals surface area contributed by atoms with Gasteiger partial charge in [0.15, 0.2) is 28.4 Å². The molecule has 6 N–H and O–H groups in total. The van der Waals surface area contributed by atoms with Crippen LogP contribution in [0.15, 0.2) is 47.6 Å². The standard InChI is InChI=1S/C25H30ClN9O2/c1-15-11-17(13-35(15)12-16-5-3-2-4-6-16)23(37)34-9-7-25(8-10-34)14-29-24(33-25)32-22(36)18-20(27)31-21(28)19(26)30-18/h2-6,17H,1,7-14H2,(H4,27,28,31)(H2,29,32,33,36). The predicted molar refractivity (Wildman–Crippen MR) is 141 cm³/mol. The summed E-state index contributed by atoms with van der Waals surface area (Å²) in [7, 11) is 0. The van der Waals surface area contributed by atoms with E-state index in [1.807, 2.05) is 23.1 Å². The predicted octanol–water partition coefficient (Wildman–Crippen LogP) is 1.38. The number of aliphatic imine (C=N–C) groups is 1. The summed E-state index contributed by atoms with van der Waals surface area (Å²) in [4.78, 5) is 42.3. The summed E-state index contributed by atoms with van der Waals surface area (Å²) in [6.07, 6.45) is 2.13. The normalized spacial score (nSPS) is 20.6. The first-order valence-electron chi connectivity index (χ1n) is 12.2. The van der Waals surface area contributed by atoms with Crippen molar-refractivity contribution < 1.29 is 9.59 Å². The monoisotopic (exact) mass is 523 g/mol. The Morgan fingerprint density at radius 2 is 1.89 bits per heavy atom. The van der Waals surface area contributed by atoms with Crippen molar-refractivity contribution in [2.24, 2.45) is 10.9 Å². The Morgan fingerprint density at radius 1 is 1.16 bits per heavy atom. The smallest absolute Gasteiger partial charge is 0.280 e. The van der Waals surface area contributed by atoms with E-state index in [9.17, 15) is 9.59 Å². The molecule has 194 valence electrons. The quantitative estimate of drug-likeness (QED) is 0.468. The molecule has 12 heteroatoms. The average Bonchev–Trinajstić information content (AvgIpc) is 3.44. The molecule has 2 aromatic rings. The SMILES string of the molecule is C=C1CC(C(=O)N2CCC3(CC2)CN=C(NC(=O)c2nc(Cl)c(N)nc2N)N3)CN1Cc1ccccc1. The number of nitrogens with zero attached hydrogens (tertiary/aromatic N) is 5. The molecule has 1 atom stereocenters. The first-order chi connectivity index (χ1) is 17.7. The van der Waals surface area contributed by atoms with Gasteiger partial charge in [-0.3, -0.25) is 19.9 Å². The van der Waals surface area contributed by atoms with Gasteiger partial charge in [0.1, 0.15) is 0 Å². The number of allylic oxidation sites excluding steroid dienone is 1. The average molecular weight is 524 g/mol. The Balaban J connectivity index is 1.12. The van der Waals surface area contributed by atoms with Gasteiger partial charge in [0.25, 0.3) is 5.91 Å². The van der Waals surface area contributed by atoms with Crippen LogP contribution in [0.2, 0.25) is 5.15 Å². The molecule has 0 radical (unpaired) electrons. The third-order valence-electron chi connectivity index (χ3n) is 7.24. The van der Waals surface area contributed by atoms with E-state index < -0.39 is 5.91 Å². The molecule has 2 saturated heterocycles. The van der Waals surface area contributed by atoms with Gasteiger partial charge in [0.2, 0.25) is 5.91 Å². The van der Waals surface area contributed by atoms with E-state index in [-0.39, 0.29) is 39.8 Å². The number of carbonyl (C=O) groups is 2. The molecular weight excluding hydrogens is 494 g/mol. The third-order valence-corrected chi connectivity index (χ3v) is 7.52. The molecule has 1 unspecified atom stereocenters. The zero-order valence-electron chi connectivity index (χ0n) is 20.4. The molecule has 0 bridgehead atoms. The van der Waals surface area contributed by atoms with Crippen LogP contribution in [0.4, 0.5) is 11.6 Å². The second kappa shape index (κ2) is 9.89. The highest BCUT2D eigenvalue weighted by atomic mass is 35.5.